The lowest BCUT2D eigenvalue weighted by Gasteiger charge is -2.22. The average Bonchev–Trinajstić information content (AvgIpc) is 2.51. The Morgan fingerprint density at radius 3 is 2.24 bits per heavy atom. The van der Waals surface area contributed by atoms with Gasteiger partial charge in [-0.1, -0.05) is 19.9 Å². The Morgan fingerprint density at radius 2 is 1.72 bits per heavy atom. The third-order valence-corrected chi connectivity index (χ3v) is 3.50. The second-order valence-electron chi connectivity index (χ2n) is 6.36. The number of halogens is 2. The van der Waals surface area contributed by atoms with E-state index in [4.69, 9.17) is 4.74 Å². The van der Waals surface area contributed by atoms with Gasteiger partial charge in [0.2, 0.25) is 5.91 Å². The molecule has 0 saturated heterocycles. The molecule has 1 aromatic rings. The van der Waals surface area contributed by atoms with Crippen LogP contribution in [0.4, 0.5) is 8.78 Å². The quantitative estimate of drug-likeness (QED) is 0.669. The number of amides is 2. The molecule has 0 aromatic heterocycles. The van der Waals surface area contributed by atoms with E-state index < -0.39 is 35.1 Å². The number of hydrogen-bond donors (Lipinski definition) is 2. The second kappa shape index (κ2) is 10.1. The predicted molar refractivity (Wildman–Crippen MR) is 91.2 cm³/mol. The van der Waals surface area contributed by atoms with Crippen molar-refractivity contribution < 1.29 is 23.1 Å². The van der Waals surface area contributed by atoms with Gasteiger partial charge >= 0.3 is 0 Å². The van der Waals surface area contributed by atoms with E-state index in [9.17, 15) is 18.4 Å². The number of rotatable bonds is 9. The van der Waals surface area contributed by atoms with Crippen LogP contribution in [0.1, 0.15) is 44.5 Å². The lowest BCUT2D eigenvalue weighted by molar-refractivity contribution is -0.124. The summed E-state index contributed by atoms with van der Waals surface area (Å²) in [5.74, 6) is -3.53. The molecule has 0 heterocycles. The first-order chi connectivity index (χ1) is 11.7. The maximum absolute atomic E-state index is 13.7. The van der Waals surface area contributed by atoms with Gasteiger partial charge in [-0.25, -0.2) is 8.78 Å². The lowest BCUT2D eigenvalue weighted by Crippen LogP contribution is -2.50. The van der Waals surface area contributed by atoms with Gasteiger partial charge in [0, 0.05) is 13.2 Å². The van der Waals surface area contributed by atoms with Crippen LogP contribution >= 0.6 is 0 Å². The molecule has 7 heteroatoms. The molecule has 0 spiro atoms. The predicted octanol–water partition coefficient (Wildman–Crippen LogP) is 2.65. The highest BCUT2D eigenvalue weighted by Crippen LogP contribution is 2.13. The fourth-order valence-corrected chi connectivity index (χ4v) is 2.18. The Labute approximate surface area is 147 Å². The van der Waals surface area contributed by atoms with Crippen molar-refractivity contribution in [3.63, 3.8) is 0 Å². The Hall–Kier alpha value is -2.02. The van der Waals surface area contributed by atoms with Crippen LogP contribution in [-0.4, -0.2) is 37.1 Å². The Bertz CT molecular complexity index is 571. The number of carbonyl (C=O) groups excluding carboxylic acids is 2. The number of benzene rings is 1. The zero-order valence-corrected chi connectivity index (χ0v) is 15.1. The number of carbonyl (C=O) groups is 2. The Morgan fingerprint density at radius 1 is 1.12 bits per heavy atom. The zero-order valence-electron chi connectivity index (χ0n) is 15.1. The maximum atomic E-state index is 13.7. The zero-order chi connectivity index (χ0) is 19.0. The fourth-order valence-electron chi connectivity index (χ4n) is 2.18. The van der Waals surface area contributed by atoms with Gasteiger partial charge in [-0.3, -0.25) is 9.59 Å². The van der Waals surface area contributed by atoms with Crippen LogP contribution in [0.5, 0.6) is 0 Å². The molecule has 0 aliphatic rings. The van der Waals surface area contributed by atoms with Crippen LogP contribution in [0.3, 0.4) is 0 Å². The van der Waals surface area contributed by atoms with Crippen LogP contribution in [-0.2, 0) is 9.53 Å². The molecule has 2 N–H and O–H groups in total. The largest absolute Gasteiger partial charge is 0.379 e. The van der Waals surface area contributed by atoms with Gasteiger partial charge in [-0.05, 0) is 38.3 Å². The third-order valence-electron chi connectivity index (χ3n) is 3.50. The highest BCUT2D eigenvalue weighted by atomic mass is 19.1. The van der Waals surface area contributed by atoms with E-state index in [-0.39, 0.29) is 12.0 Å². The van der Waals surface area contributed by atoms with Gasteiger partial charge < -0.3 is 15.4 Å². The second-order valence-corrected chi connectivity index (χ2v) is 6.36. The fraction of sp³-hybridized carbons (Fsp3) is 0.556. The van der Waals surface area contributed by atoms with Gasteiger partial charge in [-0.2, -0.15) is 0 Å². The molecular formula is C18H26F2N2O3. The molecule has 140 valence electrons. The molecule has 25 heavy (non-hydrogen) atoms. The van der Waals surface area contributed by atoms with Crippen LogP contribution in [0.15, 0.2) is 18.2 Å². The smallest absolute Gasteiger partial charge is 0.257 e. The summed E-state index contributed by atoms with van der Waals surface area (Å²) in [6, 6.07) is 2.28. The van der Waals surface area contributed by atoms with Crippen molar-refractivity contribution in [3.8, 4) is 0 Å². The monoisotopic (exact) mass is 356 g/mol. The summed E-state index contributed by atoms with van der Waals surface area (Å²) < 4.78 is 32.8. The van der Waals surface area contributed by atoms with Crippen LogP contribution in [0, 0.1) is 17.6 Å². The topological polar surface area (TPSA) is 67.4 Å². The SMILES string of the molecule is CC(C)OCCCNC(=O)C(NC(=O)c1c(F)cccc1F)C(C)C. The molecule has 0 aliphatic carbocycles. The molecule has 0 fully saturated rings. The summed E-state index contributed by atoms with van der Waals surface area (Å²) in [4.78, 5) is 24.4. The molecule has 1 atom stereocenters. The minimum atomic E-state index is -0.966. The summed E-state index contributed by atoms with van der Waals surface area (Å²) in [7, 11) is 0. The number of hydrogen-bond acceptors (Lipinski definition) is 3. The van der Waals surface area contributed by atoms with Gasteiger partial charge in [0.05, 0.1) is 6.10 Å². The van der Waals surface area contributed by atoms with E-state index >= 15 is 0 Å². The summed E-state index contributed by atoms with van der Waals surface area (Å²) in [5, 5.41) is 5.11. The minimum Gasteiger partial charge on any atom is -0.379 e. The van der Waals surface area contributed by atoms with E-state index in [1.54, 1.807) is 13.8 Å². The molecule has 0 saturated carbocycles. The molecule has 0 aliphatic heterocycles. The Kier molecular flexibility index (Phi) is 8.48. The van der Waals surface area contributed by atoms with Gasteiger partial charge in [0.15, 0.2) is 0 Å². The first-order valence-electron chi connectivity index (χ1n) is 8.38. The van der Waals surface area contributed by atoms with Crippen molar-refractivity contribution in [2.24, 2.45) is 5.92 Å². The van der Waals surface area contributed by atoms with Crippen LogP contribution < -0.4 is 10.6 Å². The van der Waals surface area contributed by atoms with Crippen molar-refractivity contribution in [2.75, 3.05) is 13.2 Å². The van der Waals surface area contributed by atoms with E-state index in [0.29, 0.717) is 19.6 Å². The first kappa shape index (κ1) is 21.0. The van der Waals surface area contributed by atoms with Gasteiger partial charge in [-0.15, -0.1) is 0 Å². The highest BCUT2D eigenvalue weighted by molar-refractivity contribution is 5.98. The number of ether oxygens (including phenoxy) is 1. The minimum absolute atomic E-state index is 0.120. The van der Waals surface area contributed by atoms with Crippen molar-refractivity contribution in [1.29, 1.82) is 0 Å². The molecule has 0 radical (unpaired) electrons. The normalized spacial score (nSPS) is 12.3. The summed E-state index contributed by atoms with van der Waals surface area (Å²) >= 11 is 0. The first-order valence-corrected chi connectivity index (χ1v) is 8.38. The summed E-state index contributed by atoms with van der Waals surface area (Å²) in [6.45, 7) is 8.22. The lowest BCUT2D eigenvalue weighted by atomic mass is 10.0. The van der Waals surface area contributed by atoms with Crippen molar-refractivity contribution in [1.82, 2.24) is 10.6 Å². The van der Waals surface area contributed by atoms with E-state index in [1.165, 1.54) is 6.07 Å². The summed E-state index contributed by atoms with van der Waals surface area (Å²) in [6.07, 6.45) is 0.749. The molecule has 5 nitrogen and oxygen atoms in total. The molecule has 0 bridgehead atoms. The van der Waals surface area contributed by atoms with E-state index in [1.807, 2.05) is 13.8 Å². The molecule has 1 aromatic carbocycles. The average molecular weight is 356 g/mol. The van der Waals surface area contributed by atoms with Crippen LogP contribution in [0.2, 0.25) is 0 Å². The molecular weight excluding hydrogens is 330 g/mol. The Balaban J connectivity index is 2.64. The highest BCUT2D eigenvalue weighted by Gasteiger charge is 2.26. The molecule has 2 amide bonds. The van der Waals surface area contributed by atoms with Gasteiger partial charge in [0.1, 0.15) is 23.2 Å². The van der Waals surface area contributed by atoms with E-state index in [0.717, 1.165) is 12.1 Å². The van der Waals surface area contributed by atoms with Crippen molar-refractivity contribution in [2.45, 2.75) is 46.3 Å². The summed E-state index contributed by atoms with van der Waals surface area (Å²) in [5.41, 5.74) is -0.689. The van der Waals surface area contributed by atoms with E-state index in [2.05, 4.69) is 10.6 Å². The number of nitrogens with one attached hydrogen (secondary N) is 2. The van der Waals surface area contributed by atoms with Crippen molar-refractivity contribution >= 4 is 11.8 Å². The molecule has 1 unspecified atom stereocenters. The molecule has 1 rings (SSSR count). The standard InChI is InChI=1S/C18H26F2N2O3/c1-11(2)16(18(24)21-9-6-10-25-12(3)4)22-17(23)15-13(19)7-5-8-14(15)20/h5,7-8,11-12,16H,6,9-10H2,1-4H3,(H,21,24)(H,22,23). The third kappa shape index (κ3) is 6.78. The maximum Gasteiger partial charge on any atom is 0.257 e. The van der Waals surface area contributed by atoms with Gasteiger partial charge in [0.25, 0.3) is 5.91 Å². The van der Waals surface area contributed by atoms with Crippen LogP contribution in [0.25, 0.3) is 0 Å². The van der Waals surface area contributed by atoms with Crippen molar-refractivity contribution in [3.05, 3.63) is 35.4 Å².